The average molecular weight is 282 g/mol. The standard InChI is InChI=1S/C12H10O4S2/c1-2-8-6-10-9(12(7-8)18(15)16)4-3-5-11(10)17(13)14/h3-7H,2H2,1H3. The number of rotatable bonds is 1. The van der Waals surface area contributed by atoms with Crippen molar-refractivity contribution in [1.29, 1.82) is 0 Å². The topological polar surface area (TPSA) is 68.3 Å². The van der Waals surface area contributed by atoms with E-state index in [-0.39, 0.29) is 9.73 Å². The maximum atomic E-state index is 11.2. The lowest BCUT2D eigenvalue weighted by molar-refractivity contribution is 0.625. The fraction of sp³-hybridized carbons (Fsp3) is 0.167. The van der Waals surface area contributed by atoms with Crippen molar-refractivity contribution in [3.8, 4) is 0 Å². The molecule has 0 bridgehead atoms. The van der Waals surface area contributed by atoms with Crippen LogP contribution in [0, 0.1) is 0 Å². The highest BCUT2D eigenvalue weighted by Gasteiger charge is 2.22. The molecule has 2 aliphatic rings. The fourth-order valence-electron chi connectivity index (χ4n) is 1.87. The molecule has 2 aliphatic carbocycles. The Bertz CT molecular complexity index is 782. The lowest BCUT2D eigenvalue weighted by Crippen LogP contribution is -2.17. The smallest absolute Gasteiger partial charge is 0.184 e. The van der Waals surface area contributed by atoms with Crippen LogP contribution in [0.2, 0.25) is 0 Å². The van der Waals surface area contributed by atoms with Gasteiger partial charge in [0, 0.05) is 11.1 Å². The van der Waals surface area contributed by atoms with E-state index >= 15 is 0 Å². The maximum absolute atomic E-state index is 11.2. The van der Waals surface area contributed by atoms with Crippen LogP contribution in [0.3, 0.4) is 0 Å². The van der Waals surface area contributed by atoms with Crippen LogP contribution in [0.4, 0.5) is 0 Å². The van der Waals surface area contributed by atoms with Gasteiger partial charge in [0.05, 0.1) is 0 Å². The summed E-state index contributed by atoms with van der Waals surface area (Å²) in [5.41, 5.74) is 1.67. The Morgan fingerprint density at radius 2 is 1.61 bits per heavy atom. The van der Waals surface area contributed by atoms with E-state index in [1.807, 2.05) is 6.92 Å². The van der Waals surface area contributed by atoms with Gasteiger partial charge >= 0.3 is 0 Å². The lowest BCUT2D eigenvalue weighted by atomic mass is 9.88. The van der Waals surface area contributed by atoms with Gasteiger partial charge in [-0.3, -0.25) is 0 Å². The molecular formula is C12H10O4S2. The van der Waals surface area contributed by atoms with E-state index in [0.717, 1.165) is 5.57 Å². The molecule has 0 saturated heterocycles. The monoisotopic (exact) mass is 282 g/mol. The van der Waals surface area contributed by atoms with Crippen molar-refractivity contribution in [2.75, 3.05) is 0 Å². The molecule has 0 heterocycles. The van der Waals surface area contributed by atoms with Crippen molar-refractivity contribution in [1.82, 2.24) is 0 Å². The van der Waals surface area contributed by atoms with Crippen LogP contribution in [0.25, 0.3) is 0 Å². The molecule has 0 spiro atoms. The van der Waals surface area contributed by atoms with Gasteiger partial charge < -0.3 is 0 Å². The summed E-state index contributed by atoms with van der Waals surface area (Å²) in [7, 11) is -4.77. The van der Waals surface area contributed by atoms with E-state index in [1.165, 1.54) is 12.2 Å². The Labute approximate surface area is 108 Å². The highest BCUT2D eigenvalue weighted by Crippen LogP contribution is 2.26. The average Bonchev–Trinajstić information content (AvgIpc) is 2.36. The van der Waals surface area contributed by atoms with Crippen LogP contribution in [-0.2, 0) is 20.6 Å². The predicted molar refractivity (Wildman–Crippen MR) is 71.5 cm³/mol. The summed E-state index contributed by atoms with van der Waals surface area (Å²) in [6, 6.07) is 0. The maximum Gasteiger partial charge on any atom is 0.222 e. The second-order valence-electron chi connectivity index (χ2n) is 3.77. The van der Waals surface area contributed by atoms with Crippen molar-refractivity contribution in [2.24, 2.45) is 0 Å². The van der Waals surface area contributed by atoms with Gasteiger partial charge in [-0.1, -0.05) is 19.1 Å². The minimum Gasteiger partial charge on any atom is -0.184 e. The van der Waals surface area contributed by atoms with Crippen molar-refractivity contribution in [3.63, 3.8) is 0 Å². The molecule has 0 fully saturated rings. The number of allylic oxidation sites excluding steroid dienone is 8. The molecule has 4 nitrogen and oxygen atoms in total. The van der Waals surface area contributed by atoms with Crippen molar-refractivity contribution >= 4 is 30.3 Å². The van der Waals surface area contributed by atoms with Gasteiger partial charge in [-0.2, -0.15) is 16.8 Å². The third-order valence-electron chi connectivity index (χ3n) is 2.75. The quantitative estimate of drug-likeness (QED) is 0.669. The van der Waals surface area contributed by atoms with Gasteiger partial charge in [0.2, 0.25) is 20.6 Å². The molecule has 0 aliphatic heterocycles. The van der Waals surface area contributed by atoms with Crippen LogP contribution in [0.15, 0.2) is 47.1 Å². The molecule has 0 atom stereocenters. The van der Waals surface area contributed by atoms with E-state index in [1.54, 1.807) is 18.2 Å². The Morgan fingerprint density at radius 3 is 2.17 bits per heavy atom. The lowest BCUT2D eigenvalue weighted by Gasteiger charge is -2.18. The minimum absolute atomic E-state index is 0.120. The zero-order valence-electron chi connectivity index (χ0n) is 9.54. The highest BCUT2D eigenvalue weighted by atomic mass is 32.2. The van der Waals surface area contributed by atoms with E-state index in [2.05, 4.69) is 0 Å². The second-order valence-corrected chi connectivity index (χ2v) is 5.59. The largest absolute Gasteiger partial charge is 0.222 e. The van der Waals surface area contributed by atoms with Crippen molar-refractivity contribution in [3.05, 3.63) is 47.1 Å². The second kappa shape index (κ2) is 4.91. The first-order valence-electron chi connectivity index (χ1n) is 5.28. The Morgan fingerprint density at radius 1 is 0.944 bits per heavy atom. The minimum atomic E-state index is -2.39. The SMILES string of the molecule is CCC1=CC(=S(=O)=O)C2=CC=CC(=S(=O)=O)C2=C1. The summed E-state index contributed by atoms with van der Waals surface area (Å²) in [5.74, 6) is 0. The predicted octanol–water partition coefficient (Wildman–Crippen LogP) is 0.862. The summed E-state index contributed by atoms with van der Waals surface area (Å²) in [6.45, 7) is 1.88. The molecule has 18 heavy (non-hydrogen) atoms. The molecule has 0 unspecified atom stereocenters. The van der Waals surface area contributed by atoms with Gasteiger partial charge in [0.15, 0.2) is 0 Å². The van der Waals surface area contributed by atoms with E-state index in [9.17, 15) is 16.8 Å². The molecule has 0 amide bonds. The molecule has 0 saturated carbocycles. The van der Waals surface area contributed by atoms with Gasteiger partial charge in [-0.05, 0) is 30.2 Å². The molecule has 2 rings (SSSR count). The van der Waals surface area contributed by atoms with Crippen LogP contribution >= 0.6 is 0 Å². The van der Waals surface area contributed by atoms with Gasteiger partial charge in [0.25, 0.3) is 0 Å². The first-order chi connectivity index (χ1) is 8.54. The molecule has 0 radical (unpaired) electrons. The Hall–Kier alpha value is -1.66. The molecule has 94 valence electrons. The van der Waals surface area contributed by atoms with Gasteiger partial charge in [0.1, 0.15) is 9.73 Å². The van der Waals surface area contributed by atoms with E-state index < -0.39 is 20.6 Å². The number of fused-ring (bicyclic) bond motifs is 1. The number of hydrogen-bond acceptors (Lipinski definition) is 4. The van der Waals surface area contributed by atoms with Crippen molar-refractivity contribution in [2.45, 2.75) is 13.3 Å². The van der Waals surface area contributed by atoms with Crippen LogP contribution < -0.4 is 0 Å². The third-order valence-corrected chi connectivity index (χ3v) is 4.16. The van der Waals surface area contributed by atoms with Crippen LogP contribution in [0.5, 0.6) is 0 Å². The summed E-state index contributed by atoms with van der Waals surface area (Å²) >= 11 is 0. The zero-order valence-corrected chi connectivity index (χ0v) is 11.2. The molecule has 0 aromatic rings. The molecule has 0 aromatic heterocycles. The Kier molecular flexibility index (Phi) is 3.49. The molecule has 6 heteroatoms. The first-order valence-corrected chi connectivity index (χ1v) is 7.43. The summed E-state index contributed by atoms with van der Waals surface area (Å²) in [6.07, 6.45) is 8.54. The normalized spacial score (nSPS) is 17.7. The third kappa shape index (κ3) is 2.16. The van der Waals surface area contributed by atoms with E-state index in [4.69, 9.17) is 0 Å². The summed E-state index contributed by atoms with van der Waals surface area (Å²) in [4.78, 5) is 0.256. The van der Waals surface area contributed by atoms with E-state index in [0.29, 0.717) is 17.6 Å². The Balaban J connectivity index is 2.82. The van der Waals surface area contributed by atoms with Crippen LogP contribution in [0.1, 0.15) is 13.3 Å². The first kappa shape index (κ1) is 12.8. The summed E-state index contributed by atoms with van der Waals surface area (Å²) in [5, 5.41) is 0. The van der Waals surface area contributed by atoms with Crippen LogP contribution in [-0.4, -0.2) is 26.6 Å². The van der Waals surface area contributed by atoms with Gasteiger partial charge in [-0.25, -0.2) is 0 Å². The zero-order chi connectivity index (χ0) is 13.3. The number of hydrogen-bond donors (Lipinski definition) is 0. The summed E-state index contributed by atoms with van der Waals surface area (Å²) < 4.78 is 44.7. The molecule has 0 N–H and O–H groups in total. The van der Waals surface area contributed by atoms with Crippen molar-refractivity contribution < 1.29 is 16.8 Å². The molecule has 0 aromatic carbocycles. The fourth-order valence-corrected chi connectivity index (χ4v) is 3.01. The van der Waals surface area contributed by atoms with Gasteiger partial charge in [-0.15, -0.1) is 0 Å². The molecular weight excluding hydrogens is 272 g/mol. The highest BCUT2D eigenvalue weighted by molar-refractivity contribution is 7.74.